The van der Waals surface area contributed by atoms with Crippen molar-refractivity contribution in [2.24, 2.45) is 28.6 Å². The predicted molar refractivity (Wildman–Crippen MR) is 133 cm³/mol. The maximum Gasteiger partial charge on any atom is 0.192 e. The van der Waals surface area contributed by atoms with E-state index in [0.717, 1.165) is 43.4 Å². The molecule has 0 heterocycles. The van der Waals surface area contributed by atoms with Crippen LogP contribution in [0.25, 0.3) is 0 Å². The minimum Gasteiger partial charge on any atom is -0.410 e. The molecule has 0 aliphatic heterocycles. The number of carbonyl (C=O) groups excluding carboxylic acids is 1. The standard InChI is InChI=1S/C28H46O2Si/c1-9-15-28(30-31(7,8)25(2,3)4)18-14-24-22-11-10-20-19-21(29)12-16-26(20,5)23(22)13-17-27(24,28)6/h9,19,22-24H,1,10-18H2,2-8H3/t22-,23+,24+,26+,27+,28+/m1/s1. The quantitative estimate of drug-likeness (QED) is 0.327. The first-order valence-electron chi connectivity index (χ1n) is 12.8. The van der Waals surface area contributed by atoms with Crippen molar-refractivity contribution < 1.29 is 9.22 Å². The number of hydrogen-bond acceptors (Lipinski definition) is 2. The van der Waals surface area contributed by atoms with E-state index in [0.29, 0.717) is 5.78 Å². The average molecular weight is 443 g/mol. The van der Waals surface area contributed by atoms with Gasteiger partial charge in [0.25, 0.3) is 0 Å². The number of ketones is 1. The van der Waals surface area contributed by atoms with Crippen LogP contribution < -0.4 is 0 Å². The zero-order valence-corrected chi connectivity index (χ0v) is 22.3. The zero-order chi connectivity index (χ0) is 22.9. The van der Waals surface area contributed by atoms with Crippen molar-refractivity contribution in [1.82, 2.24) is 0 Å². The summed E-state index contributed by atoms with van der Waals surface area (Å²) in [7, 11) is -1.89. The Morgan fingerprint density at radius 1 is 1.10 bits per heavy atom. The first-order chi connectivity index (χ1) is 14.3. The van der Waals surface area contributed by atoms with Crippen LogP contribution >= 0.6 is 0 Å². The average Bonchev–Trinajstić information content (AvgIpc) is 2.93. The van der Waals surface area contributed by atoms with E-state index in [-0.39, 0.29) is 21.5 Å². The molecule has 0 unspecified atom stereocenters. The van der Waals surface area contributed by atoms with Gasteiger partial charge in [-0.2, -0.15) is 0 Å². The summed E-state index contributed by atoms with van der Waals surface area (Å²) in [4.78, 5) is 12.1. The van der Waals surface area contributed by atoms with E-state index in [4.69, 9.17) is 4.43 Å². The molecule has 3 heteroatoms. The Morgan fingerprint density at radius 2 is 1.77 bits per heavy atom. The van der Waals surface area contributed by atoms with Crippen molar-refractivity contribution in [2.75, 3.05) is 0 Å². The summed E-state index contributed by atoms with van der Waals surface area (Å²) in [6.07, 6.45) is 14.4. The topological polar surface area (TPSA) is 26.3 Å². The Balaban J connectivity index is 1.68. The third-order valence-electron chi connectivity index (χ3n) is 11.0. The lowest BCUT2D eigenvalue weighted by molar-refractivity contribution is -0.124. The minimum absolute atomic E-state index is 0.0487. The predicted octanol–water partition coefficient (Wildman–Crippen LogP) is 7.86. The lowest BCUT2D eigenvalue weighted by Gasteiger charge is -2.61. The summed E-state index contributed by atoms with van der Waals surface area (Å²) < 4.78 is 7.40. The summed E-state index contributed by atoms with van der Waals surface area (Å²) in [5, 5.41) is 0.222. The van der Waals surface area contributed by atoms with Gasteiger partial charge in [0.05, 0.1) is 5.60 Å². The minimum atomic E-state index is -1.89. The molecular formula is C28H46O2Si. The van der Waals surface area contributed by atoms with Gasteiger partial charge in [0.15, 0.2) is 14.1 Å². The van der Waals surface area contributed by atoms with Gasteiger partial charge in [-0.1, -0.05) is 46.3 Å². The first-order valence-corrected chi connectivity index (χ1v) is 15.8. The molecule has 31 heavy (non-hydrogen) atoms. The number of hydrogen-bond donors (Lipinski definition) is 0. The molecule has 0 radical (unpaired) electrons. The molecule has 0 aromatic carbocycles. The Hall–Kier alpha value is -0.673. The highest BCUT2D eigenvalue weighted by Gasteiger charge is 2.65. The SMILES string of the molecule is C=CC[C@]1(O[Si](C)(C)C(C)(C)C)CC[C@H]2[C@@H]3CCC4=CC(=O)CC[C@]4(C)[C@H]3CC[C@@]21C. The van der Waals surface area contributed by atoms with Crippen molar-refractivity contribution in [3.05, 3.63) is 24.3 Å². The highest BCUT2D eigenvalue weighted by atomic mass is 28.4. The molecule has 0 aromatic rings. The molecule has 0 amide bonds. The maximum atomic E-state index is 12.1. The number of carbonyl (C=O) groups is 1. The molecule has 3 fully saturated rings. The molecule has 2 nitrogen and oxygen atoms in total. The fourth-order valence-corrected chi connectivity index (χ4v) is 9.77. The summed E-state index contributed by atoms with van der Waals surface area (Å²) in [5.41, 5.74) is 1.91. The van der Waals surface area contributed by atoms with E-state index < -0.39 is 8.32 Å². The highest BCUT2D eigenvalue weighted by Crippen LogP contribution is 2.69. The molecule has 4 rings (SSSR count). The van der Waals surface area contributed by atoms with Crippen LogP contribution in [0.5, 0.6) is 0 Å². The third kappa shape index (κ3) is 3.39. The number of fused-ring (bicyclic) bond motifs is 5. The van der Waals surface area contributed by atoms with Gasteiger partial charge >= 0.3 is 0 Å². The van der Waals surface area contributed by atoms with Crippen molar-refractivity contribution in [1.29, 1.82) is 0 Å². The van der Waals surface area contributed by atoms with E-state index in [1.807, 2.05) is 6.08 Å². The van der Waals surface area contributed by atoms with Crippen molar-refractivity contribution in [3.8, 4) is 0 Å². The summed E-state index contributed by atoms with van der Waals surface area (Å²) >= 11 is 0. The molecule has 4 aliphatic rings. The molecule has 3 saturated carbocycles. The summed E-state index contributed by atoms with van der Waals surface area (Å²) in [5.74, 6) is 2.63. The van der Waals surface area contributed by atoms with Gasteiger partial charge in [-0.05, 0) is 104 Å². The molecule has 0 N–H and O–H groups in total. The van der Waals surface area contributed by atoms with E-state index >= 15 is 0 Å². The van der Waals surface area contributed by atoms with Gasteiger partial charge in [-0.25, -0.2) is 0 Å². The molecule has 4 aliphatic carbocycles. The Labute approximate surface area is 192 Å². The third-order valence-corrected chi connectivity index (χ3v) is 15.5. The van der Waals surface area contributed by atoms with Crippen molar-refractivity contribution in [2.45, 2.75) is 116 Å². The van der Waals surface area contributed by atoms with Crippen LogP contribution in [0.4, 0.5) is 0 Å². The lowest BCUT2D eigenvalue weighted by Crippen LogP contribution is -2.59. The fourth-order valence-electron chi connectivity index (χ4n) is 8.07. The molecule has 0 spiro atoms. The van der Waals surface area contributed by atoms with Gasteiger partial charge in [-0.3, -0.25) is 4.79 Å². The van der Waals surface area contributed by atoms with Gasteiger partial charge < -0.3 is 4.43 Å². The molecule has 0 saturated heterocycles. The first kappa shape index (κ1) is 23.5. The van der Waals surface area contributed by atoms with Crippen LogP contribution in [-0.4, -0.2) is 19.7 Å². The van der Waals surface area contributed by atoms with Gasteiger partial charge in [-0.15, -0.1) is 6.58 Å². The van der Waals surface area contributed by atoms with Crippen molar-refractivity contribution in [3.63, 3.8) is 0 Å². The van der Waals surface area contributed by atoms with E-state index in [1.165, 1.54) is 37.7 Å². The van der Waals surface area contributed by atoms with Crippen LogP contribution in [0.3, 0.4) is 0 Å². The fraction of sp³-hybridized carbons (Fsp3) is 0.821. The molecule has 0 bridgehead atoms. The normalized spacial score (nSPS) is 43.0. The Kier molecular flexibility index (Phi) is 5.62. The summed E-state index contributed by atoms with van der Waals surface area (Å²) in [6.45, 7) is 21.2. The van der Waals surface area contributed by atoms with Gasteiger partial charge in [0.2, 0.25) is 0 Å². The molecule has 174 valence electrons. The molecule has 6 atom stereocenters. The second kappa shape index (κ2) is 7.42. The van der Waals surface area contributed by atoms with Crippen LogP contribution in [0.15, 0.2) is 24.3 Å². The highest BCUT2D eigenvalue weighted by molar-refractivity contribution is 6.74. The molecule has 0 aromatic heterocycles. The van der Waals surface area contributed by atoms with E-state index in [2.05, 4.69) is 60.4 Å². The van der Waals surface area contributed by atoms with Crippen LogP contribution in [0.1, 0.15) is 92.4 Å². The summed E-state index contributed by atoms with van der Waals surface area (Å²) in [6, 6.07) is 0. The maximum absolute atomic E-state index is 12.1. The van der Waals surface area contributed by atoms with Crippen LogP contribution in [0, 0.1) is 28.6 Å². The van der Waals surface area contributed by atoms with Crippen LogP contribution in [-0.2, 0) is 9.22 Å². The monoisotopic (exact) mass is 442 g/mol. The number of rotatable bonds is 4. The van der Waals surface area contributed by atoms with Gasteiger partial charge in [0, 0.05) is 6.42 Å². The smallest absolute Gasteiger partial charge is 0.192 e. The van der Waals surface area contributed by atoms with Crippen molar-refractivity contribution >= 4 is 14.1 Å². The van der Waals surface area contributed by atoms with Gasteiger partial charge in [0.1, 0.15) is 0 Å². The van der Waals surface area contributed by atoms with E-state index in [9.17, 15) is 4.79 Å². The second-order valence-corrected chi connectivity index (χ2v) is 18.0. The number of allylic oxidation sites excluding steroid dienone is 1. The molecular weight excluding hydrogens is 396 g/mol. The van der Waals surface area contributed by atoms with Crippen LogP contribution in [0.2, 0.25) is 18.1 Å². The Bertz CT molecular complexity index is 789. The zero-order valence-electron chi connectivity index (χ0n) is 21.3. The van der Waals surface area contributed by atoms with E-state index in [1.54, 1.807) is 0 Å². The largest absolute Gasteiger partial charge is 0.410 e. The second-order valence-electron chi connectivity index (χ2n) is 13.3. The Morgan fingerprint density at radius 3 is 2.42 bits per heavy atom. The lowest BCUT2D eigenvalue weighted by atomic mass is 9.46.